The molecule has 1 aromatic heterocycles. The SMILES string of the molecule is Cc1cc(NC(=O)N2CCc3nn4c(c3C2)C(F)(F)CC[C@H](CO)C4)ccc1F. The van der Waals surface area contributed by atoms with Crippen molar-refractivity contribution in [2.24, 2.45) is 5.92 Å². The van der Waals surface area contributed by atoms with Gasteiger partial charge in [-0.15, -0.1) is 0 Å². The number of nitrogens with one attached hydrogen (secondary N) is 1. The van der Waals surface area contributed by atoms with E-state index in [-0.39, 0.29) is 50.0 Å². The van der Waals surface area contributed by atoms with Crippen LogP contribution in [0.25, 0.3) is 0 Å². The monoisotopic (exact) mass is 408 g/mol. The van der Waals surface area contributed by atoms with E-state index in [1.807, 2.05) is 0 Å². The van der Waals surface area contributed by atoms with Crippen LogP contribution >= 0.6 is 0 Å². The van der Waals surface area contributed by atoms with E-state index < -0.39 is 12.0 Å². The Morgan fingerprint density at radius 3 is 2.93 bits per heavy atom. The Hall–Kier alpha value is -2.55. The Morgan fingerprint density at radius 2 is 2.21 bits per heavy atom. The predicted molar refractivity (Wildman–Crippen MR) is 100 cm³/mol. The molecule has 2 aromatic rings. The highest BCUT2D eigenvalue weighted by molar-refractivity contribution is 5.89. The molecule has 6 nitrogen and oxygen atoms in total. The maximum atomic E-state index is 14.8. The highest BCUT2D eigenvalue weighted by Gasteiger charge is 2.43. The second kappa shape index (κ2) is 7.37. The van der Waals surface area contributed by atoms with Crippen molar-refractivity contribution in [1.29, 1.82) is 0 Å². The summed E-state index contributed by atoms with van der Waals surface area (Å²) in [5, 5.41) is 16.5. The second-order valence-corrected chi connectivity index (χ2v) is 7.81. The van der Waals surface area contributed by atoms with Gasteiger partial charge in [0.15, 0.2) is 0 Å². The number of rotatable bonds is 2. The molecule has 29 heavy (non-hydrogen) atoms. The summed E-state index contributed by atoms with van der Waals surface area (Å²) < 4.78 is 44.4. The lowest BCUT2D eigenvalue weighted by molar-refractivity contribution is -0.0226. The van der Waals surface area contributed by atoms with Crippen molar-refractivity contribution in [2.75, 3.05) is 18.5 Å². The minimum absolute atomic E-state index is 0.0378. The zero-order valence-corrected chi connectivity index (χ0v) is 16.1. The number of hydrogen-bond donors (Lipinski definition) is 2. The van der Waals surface area contributed by atoms with Crippen LogP contribution in [-0.4, -0.2) is 39.0 Å². The molecule has 0 unspecified atom stereocenters. The van der Waals surface area contributed by atoms with Crippen LogP contribution in [0.4, 0.5) is 23.7 Å². The van der Waals surface area contributed by atoms with Gasteiger partial charge in [-0.2, -0.15) is 13.9 Å². The van der Waals surface area contributed by atoms with Gasteiger partial charge in [-0.3, -0.25) is 4.68 Å². The van der Waals surface area contributed by atoms with Crippen molar-refractivity contribution in [1.82, 2.24) is 14.7 Å². The van der Waals surface area contributed by atoms with Gasteiger partial charge in [-0.25, -0.2) is 9.18 Å². The molecule has 0 saturated carbocycles. The molecule has 2 aliphatic rings. The maximum Gasteiger partial charge on any atom is 0.322 e. The van der Waals surface area contributed by atoms with Gasteiger partial charge in [0.05, 0.1) is 12.2 Å². The summed E-state index contributed by atoms with van der Waals surface area (Å²) in [6.07, 6.45) is 0.248. The molecule has 0 fully saturated rings. The molecule has 9 heteroatoms. The Kier molecular flexibility index (Phi) is 5.02. The summed E-state index contributed by atoms with van der Waals surface area (Å²) in [4.78, 5) is 14.1. The molecule has 1 atom stereocenters. The van der Waals surface area contributed by atoms with Crippen molar-refractivity contribution in [3.05, 3.63) is 46.5 Å². The van der Waals surface area contributed by atoms with Gasteiger partial charge in [-0.1, -0.05) is 0 Å². The largest absolute Gasteiger partial charge is 0.396 e. The molecule has 0 spiro atoms. The third-order valence-electron chi connectivity index (χ3n) is 5.70. The number of aromatic nitrogens is 2. The standard InChI is InChI=1S/C20H23F3N4O2/c1-12-8-14(2-3-16(12)21)24-19(29)26-7-5-17-15(10-26)18-20(22,23)6-4-13(11-28)9-27(18)25-17/h2-3,8,13,28H,4-7,9-11H2,1H3,(H,24,29)/t13-/m0/s1. The third kappa shape index (κ3) is 3.71. The number of aryl methyl sites for hydroxylation is 1. The first-order chi connectivity index (χ1) is 13.8. The number of carbonyl (C=O) groups excluding carboxylic acids is 1. The summed E-state index contributed by atoms with van der Waals surface area (Å²) in [7, 11) is 0. The zero-order chi connectivity index (χ0) is 20.8. The normalized spacial score (nSPS) is 20.6. The predicted octanol–water partition coefficient (Wildman–Crippen LogP) is 3.41. The number of benzene rings is 1. The van der Waals surface area contributed by atoms with Crippen LogP contribution in [-0.2, 0) is 25.4 Å². The van der Waals surface area contributed by atoms with Gasteiger partial charge >= 0.3 is 6.03 Å². The number of nitrogens with zero attached hydrogens (tertiary/aromatic N) is 3. The lowest BCUT2D eigenvalue weighted by Crippen LogP contribution is -2.39. The first kappa shape index (κ1) is 19.8. The van der Waals surface area contributed by atoms with Crippen molar-refractivity contribution in [2.45, 2.75) is 45.2 Å². The quantitative estimate of drug-likeness (QED) is 0.800. The van der Waals surface area contributed by atoms with E-state index in [1.54, 1.807) is 6.92 Å². The first-order valence-corrected chi connectivity index (χ1v) is 9.68. The minimum Gasteiger partial charge on any atom is -0.396 e. The van der Waals surface area contributed by atoms with Crippen molar-refractivity contribution in [3.8, 4) is 0 Å². The molecule has 1 aromatic carbocycles. The van der Waals surface area contributed by atoms with Gasteiger partial charge in [0.25, 0.3) is 5.92 Å². The van der Waals surface area contributed by atoms with Gasteiger partial charge in [-0.05, 0) is 37.1 Å². The molecule has 2 amide bonds. The fraction of sp³-hybridized carbons (Fsp3) is 0.500. The van der Waals surface area contributed by atoms with Crippen molar-refractivity contribution >= 4 is 11.7 Å². The average molecular weight is 408 g/mol. The summed E-state index contributed by atoms with van der Waals surface area (Å²) in [6, 6.07) is 3.84. The van der Waals surface area contributed by atoms with Crippen LogP contribution in [0.1, 0.15) is 35.4 Å². The molecule has 0 radical (unpaired) electrons. The Morgan fingerprint density at radius 1 is 1.41 bits per heavy atom. The smallest absolute Gasteiger partial charge is 0.322 e. The Bertz CT molecular complexity index is 944. The minimum atomic E-state index is -3.06. The molecule has 0 bridgehead atoms. The molecule has 4 rings (SSSR count). The summed E-state index contributed by atoms with van der Waals surface area (Å²) in [5.74, 6) is -3.68. The number of carbonyl (C=O) groups is 1. The topological polar surface area (TPSA) is 70.4 Å². The van der Waals surface area contributed by atoms with E-state index in [0.29, 0.717) is 35.5 Å². The van der Waals surface area contributed by atoms with E-state index in [2.05, 4.69) is 10.4 Å². The molecule has 156 valence electrons. The zero-order valence-electron chi connectivity index (χ0n) is 16.1. The van der Waals surface area contributed by atoms with Gasteiger partial charge in [0, 0.05) is 49.7 Å². The van der Waals surface area contributed by atoms with Gasteiger partial charge < -0.3 is 15.3 Å². The highest BCUT2D eigenvalue weighted by Crippen LogP contribution is 2.41. The second-order valence-electron chi connectivity index (χ2n) is 7.81. The first-order valence-electron chi connectivity index (χ1n) is 9.68. The lowest BCUT2D eigenvalue weighted by atomic mass is 9.98. The number of amides is 2. The molecular weight excluding hydrogens is 385 g/mol. The lowest BCUT2D eigenvalue weighted by Gasteiger charge is -2.28. The number of halogens is 3. The van der Waals surface area contributed by atoms with Gasteiger partial charge in [0.1, 0.15) is 11.5 Å². The van der Waals surface area contributed by atoms with E-state index in [0.717, 1.165) is 0 Å². The Labute approximate surface area is 166 Å². The number of alkyl halides is 2. The van der Waals surface area contributed by atoms with Crippen LogP contribution in [0.2, 0.25) is 0 Å². The maximum absolute atomic E-state index is 14.8. The van der Waals surface area contributed by atoms with Gasteiger partial charge in [0.2, 0.25) is 0 Å². The summed E-state index contributed by atoms with van der Waals surface area (Å²) in [5.41, 5.74) is 1.69. The molecule has 2 aliphatic heterocycles. The molecule has 0 aliphatic carbocycles. The highest BCUT2D eigenvalue weighted by atomic mass is 19.3. The molecule has 3 heterocycles. The fourth-order valence-electron chi connectivity index (χ4n) is 4.06. The van der Waals surface area contributed by atoms with Crippen molar-refractivity contribution in [3.63, 3.8) is 0 Å². The Balaban J connectivity index is 1.57. The van der Waals surface area contributed by atoms with E-state index in [1.165, 1.54) is 27.8 Å². The van der Waals surface area contributed by atoms with E-state index in [9.17, 15) is 23.1 Å². The molecule has 2 N–H and O–H groups in total. The van der Waals surface area contributed by atoms with E-state index in [4.69, 9.17) is 0 Å². The van der Waals surface area contributed by atoms with Crippen LogP contribution < -0.4 is 5.32 Å². The number of aliphatic hydroxyl groups is 1. The number of fused-ring (bicyclic) bond motifs is 3. The fourth-order valence-corrected chi connectivity index (χ4v) is 4.06. The van der Waals surface area contributed by atoms with E-state index >= 15 is 0 Å². The molecule has 0 saturated heterocycles. The van der Waals surface area contributed by atoms with Crippen LogP contribution in [0.5, 0.6) is 0 Å². The summed E-state index contributed by atoms with van der Waals surface area (Å²) >= 11 is 0. The van der Waals surface area contributed by atoms with Crippen LogP contribution in [0, 0.1) is 18.7 Å². The molecular formula is C20H23F3N4O2. The van der Waals surface area contributed by atoms with Crippen LogP contribution in [0.3, 0.4) is 0 Å². The number of urea groups is 1. The number of hydrogen-bond acceptors (Lipinski definition) is 3. The third-order valence-corrected chi connectivity index (χ3v) is 5.70. The number of aliphatic hydroxyl groups excluding tert-OH is 1. The summed E-state index contributed by atoms with van der Waals surface area (Å²) in [6.45, 7) is 2.07. The van der Waals surface area contributed by atoms with Crippen molar-refractivity contribution < 1.29 is 23.1 Å². The average Bonchev–Trinajstić information content (AvgIpc) is 2.99. The van der Waals surface area contributed by atoms with Crippen LogP contribution in [0.15, 0.2) is 18.2 Å². The number of anilines is 1.